The van der Waals surface area contributed by atoms with Gasteiger partial charge in [-0.3, -0.25) is 4.79 Å². The first kappa shape index (κ1) is 11.1. The summed E-state index contributed by atoms with van der Waals surface area (Å²) < 4.78 is 0. The number of hydrogen-bond acceptors (Lipinski definition) is 4. The lowest BCUT2D eigenvalue weighted by atomic mass is 10.0. The zero-order valence-electron chi connectivity index (χ0n) is 8.30. The van der Waals surface area contributed by atoms with E-state index in [1.54, 1.807) is 6.92 Å². The fourth-order valence-electron chi connectivity index (χ4n) is 1.25. The van der Waals surface area contributed by atoms with Gasteiger partial charge in [-0.1, -0.05) is 0 Å². The second-order valence-corrected chi connectivity index (χ2v) is 3.16. The van der Waals surface area contributed by atoms with Gasteiger partial charge in [0.25, 0.3) is 0 Å². The van der Waals surface area contributed by atoms with Crippen LogP contribution in [0.1, 0.15) is 24.1 Å². The molecule has 1 heterocycles. The van der Waals surface area contributed by atoms with Gasteiger partial charge >= 0.3 is 11.8 Å². The van der Waals surface area contributed by atoms with Crippen LogP contribution in [0.2, 0.25) is 0 Å². The van der Waals surface area contributed by atoms with Crippen molar-refractivity contribution in [2.75, 3.05) is 0 Å². The Bertz CT molecular complexity index is 417. The highest BCUT2D eigenvalue weighted by atomic mass is 16.6. The van der Waals surface area contributed by atoms with Crippen molar-refractivity contribution in [3.63, 3.8) is 0 Å². The van der Waals surface area contributed by atoms with Gasteiger partial charge < -0.3 is 15.2 Å². The fourth-order valence-corrected chi connectivity index (χ4v) is 1.25. The van der Waals surface area contributed by atoms with Crippen molar-refractivity contribution in [2.24, 2.45) is 0 Å². The monoisotopic (exact) mass is 210 g/mol. The topological polar surface area (TPSA) is 93.3 Å². The molecule has 1 aromatic heterocycles. The zero-order valence-corrected chi connectivity index (χ0v) is 8.30. The molecule has 6 nitrogen and oxygen atoms in total. The first-order valence-electron chi connectivity index (χ1n) is 4.28. The average molecular weight is 210 g/mol. The Labute approximate surface area is 85.7 Å². The van der Waals surface area contributed by atoms with Gasteiger partial charge in [-0.15, -0.1) is 0 Å². The summed E-state index contributed by atoms with van der Waals surface area (Å²) in [6.07, 6.45) is 0. The fraction of sp³-hybridized carbons (Fsp3) is 0.333. The lowest BCUT2D eigenvalue weighted by Crippen LogP contribution is -2.10. The second-order valence-electron chi connectivity index (χ2n) is 3.16. The molecule has 0 aromatic carbocycles. The van der Waals surface area contributed by atoms with Crippen molar-refractivity contribution >= 4 is 11.8 Å². The minimum atomic E-state index is -0.978. The number of aliphatic carboxylic acids is 1. The third kappa shape index (κ3) is 2.28. The van der Waals surface area contributed by atoms with Crippen molar-refractivity contribution in [1.82, 2.24) is 4.98 Å². The molecular formula is C9H10N2O4. The molecule has 15 heavy (non-hydrogen) atoms. The summed E-state index contributed by atoms with van der Waals surface area (Å²) in [5.41, 5.74) is 0.868. The molecule has 1 unspecified atom stereocenters. The third-order valence-corrected chi connectivity index (χ3v) is 2.14. The minimum absolute atomic E-state index is 0.270. The number of aromatic nitrogens is 1. The molecule has 0 aliphatic rings. The predicted octanol–water partition coefficient (Wildman–Crippen LogP) is 1.49. The summed E-state index contributed by atoms with van der Waals surface area (Å²) >= 11 is 0. The standard InChI is InChI=1S/C9H10N2O4/c1-5(9(12)13)7-3-4-8(11(14)15)10-6(7)2/h3-5H,1-2H3,(H,12,13). The molecular weight excluding hydrogens is 200 g/mol. The van der Waals surface area contributed by atoms with E-state index >= 15 is 0 Å². The number of pyridine rings is 1. The van der Waals surface area contributed by atoms with E-state index in [1.807, 2.05) is 0 Å². The van der Waals surface area contributed by atoms with Gasteiger partial charge in [0.1, 0.15) is 0 Å². The summed E-state index contributed by atoms with van der Waals surface area (Å²) in [6, 6.07) is 2.64. The maximum atomic E-state index is 10.7. The summed E-state index contributed by atoms with van der Waals surface area (Å²) in [7, 11) is 0. The molecule has 80 valence electrons. The van der Waals surface area contributed by atoms with Crippen LogP contribution in [0.15, 0.2) is 12.1 Å². The molecule has 0 saturated carbocycles. The number of rotatable bonds is 3. The van der Waals surface area contributed by atoms with E-state index in [0.717, 1.165) is 0 Å². The van der Waals surface area contributed by atoms with Crippen LogP contribution < -0.4 is 0 Å². The van der Waals surface area contributed by atoms with Crippen LogP contribution in [0.25, 0.3) is 0 Å². The second kappa shape index (κ2) is 4.04. The number of aryl methyl sites for hydroxylation is 1. The van der Waals surface area contributed by atoms with Crippen molar-refractivity contribution in [3.8, 4) is 0 Å². The molecule has 0 spiro atoms. The van der Waals surface area contributed by atoms with Crippen LogP contribution in [0.3, 0.4) is 0 Å². The van der Waals surface area contributed by atoms with Crippen LogP contribution in [0.5, 0.6) is 0 Å². The molecule has 0 radical (unpaired) electrons. The summed E-state index contributed by atoms with van der Waals surface area (Å²) in [5.74, 6) is -1.96. The lowest BCUT2D eigenvalue weighted by molar-refractivity contribution is -0.389. The van der Waals surface area contributed by atoms with E-state index in [4.69, 9.17) is 5.11 Å². The van der Waals surface area contributed by atoms with Gasteiger partial charge in [-0.25, -0.2) is 0 Å². The van der Waals surface area contributed by atoms with Crippen LogP contribution in [-0.4, -0.2) is 21.0 Å². The smallest absolute Gasteiger partial charge is 0.363 e. The van der Waals surface area contributed by atoms with E-state index in [0.29, 0.717) is 11.3 Å². The normalized spacial score (nSPS) is 12.1. The zero-order chi connectivity index (χ0) is 11.6. The minimum Gasteiger partial charge on any atom is -0.481 e. The van der Waals surface area contributed by atoms with Gasteiger partial charge in [-0.05, 0) is 22.9 Å². The Morgan fingerprint density at radius 1 is 1.60 bits per heavy atom. The van der Waals surface area contributed by atoms with Crippen molar-refractivity contribution in [1.29, 1.82) is 0 Å². The molecule has 6 heteroatoms. The quantitative estimate of drug-likeness (QED) is 0.602. The Morgan fingerprint density at radius 3 is 2.60 bits per heavy atom. The van der Waals surface area contributed by atoms with Crippen LogP contribution in [0.4, 0.5) is 5.82 Å². The third-order valence-electron chi connectivity index (χ3n) is 2.14. The van der Waals surface area contributed by atoms with Gasteiger partial charge in [0, 0.05) is 18.6 Å². The summed E-state index contributed by atoms with van der Waals surface area (Å²) in [4.78, 5) is 24.2. The van der Waals surface area contributed by atoms with Crippen LogP contribution in [-0.2, 0) is 4.79 Å². The van der Waals surface area contributed by atoms with E-state index in [1.165, 1.54) is 19.1 Å². The highest BCUT2D eigenvalue weighted by molar-refractivity contribution is 5.75. The van der Waals surface area contributed by atoms with Crippen molar-refractivity contribution in [3.05, 3.63) is 33.5 Å². The molecule has 0 amide bonds. The van der Waals surface area contributed by atoms with Gasteiger partial charge in [0.05, 0.1) is 5.92 Å². The number of nitrogens with zero attached hydrogens (tertiary/aromatic N) is 2. The maximum absolute atomic E-state index is 10.7. The number of carboxylic acids is 1. The van der Waals surface area contributed by atoms with E-state index in [9.17, 15) is 14.9 Å². The molecule has 0 aliphatic carbocycles. The van der Waals surface area contributed by atoms with E-state index in [2.05, 4.69) is 4.98 Å². The summed E-state index contributed by atoms with van der Waals surface area (Å²) in [6.45, 7) is 3.07. The van der Waals surface area contributed by atoms with Gasteiger partial charge in [0.15, 0.2) is 5.69 Å². The molecule has 1 aromatic rings. The Hall–Kier alpha value is -1.98. The van der Waals surface area contributed by atoms with Crippen LogP contribution >= 0.6 is 0 Å². The largest absolute Gasteiger partial charge is 0.481 e. The Morgan fingerprint density at radius 2 is 2.20 bits per heavy atom. The Kier molecular flexibility index (Phi) is 2.99. The maximum Gasteiger partial charge on any atom is 0.363 e. The van der Waals surface area contributed by atoms with Crippen molar-refractivity contribution in [2.45, 2.75) is 19.8 Å². The number of nitro groups is 1. The van der Waals surface area contributed by atoms with Crippen LogP contribution in [0, 0.1) is 17.0 Å². The van der Waals surface area contributed by atoms with E-state index < -0.39 is 16.8 Å². The number of hydrogen-bond donors (Lipinski definition) is 1. The number of carboxylic acid groups (broad SMARTS) is 1. The lowest BCUT2D eigenvalue weighted by Gasteiger charge is -2.06. The SMILES string of the molecule is Cc1nc([N+](=O)[O-])ccc1C(C)C(=O)O. The molecule has 0 bridgehead atoms. The molecule has 0 saturated heterocycles. The first-order chi connectivity index (χ1) is 6.93. The summed E-state index contributed by atoms with van der Waals surface area (Å²) in [5, 5.41) is 19.2. The van der Waals surface area contributed by atoms with E-state index in [-0.39, 0.29) is 5.82 Å². The molecule has 0 fully saturated rings. The first-order valence-corrected chi connectivity index (χ1v) is 4.28. The molecule has 1 rings (SSSR count). The molecule has 0 aliphatic heterocycles. The molecule has 1 N–H and O–H groups in total. The highest BCUT2D eigenvalue weighted by Crippen LogP contribution is 2.20. The van der Waals surface area contributed by atoms with Gasteiger partial charge in [-0.2, -0.15) is 0 Å². The predicted molar refractivity (Wildman–Crippen MR) is 51.7 cm³/mol. The average Bonchev–Trinajstić information content (AvgIpc) is 2.16. The highest BCUT2D eigenvalue weighted by Gasteiger charge is 2.20. The number of carbonyl (C=O) groups is 1. The Balaban J connectivity index is 3.13. The molecule has 1 atom stereocenters. The van der Waals surface area contributed by atoms with Crippen molar-refractivity contribution < 1.29 is 14.8 Å². The van der Waals surface area contributed by atoms with Gasteiger partial charge in [0.2, 0.25) is 0 Å².